The number of nitrogens with zero attached hydrogens (tertiary/aromatic N) is 3. The molecule has 0 saturated heterocycles. The van der Waals surface area contributed by atoms with Gasteiger partial charge in [-0.2, -0.15) is 11.0 Å². The fraction of sp³-hybridized carbons (Fsp3) is 0.105. The Labute approximate surface area is 164 Å². The number of esters is 1. The first-order valence-corrected chi connectivity index (χ1v) is 9.21. The summed E-state index contributed by atoms with van der Waals surface area (Å²) >= 11 is 0.986. The highest BCUT2D eigenvalue weighted by molar-refractivity contribution is 7.94. The Bertz CT molecular complexity index is 1140. The van der Waals surface area contributed by atoms with Gasteiger partial charge in [0.25, 0.3) is 0 Å². The molecule has 28 heavy (non-hydrogen) atoms. The Morgan fingerprint density at radius 2 is 1.93 bits per heavy atom. The Morgan fingerprint density at radius 3 is 2.68 bits per heavy atom. The van der Waals surface area contributed by atoms with Crippen molar-refractivity contribution in [1.82, 2.24) is 14.8 Å². The molecule has 0 fully saturated rings. The molecule has 8 nitrogen and oxygen atoms in total. The standard InChI is InChI=1S/C19H16N4O4S/c1-2-25-19(24)17-15-11-21-16-6-4-3-5-14(16)18(15)23(22-17)12-7-9-13(10-8-12)28-27-26-20/h3-11H,2,20H2,1H3. The molecule has 0 aliphatic rings. The third-order valence-corrected chi connectivity index (χ3v) is 4.74. The van der Waals surface area contributed by atoms with Gasteiger partial charge in [-0.3, -0.25) is 4.98 Å². The van der Waals surface area contributed by atoms with Crippen LogP contribution in [0.2, 0.25) is 0 Å². The van der Waals surface area contributed by atoms with Gasteiger partial charge in [-0.15, -0.1) is 9.32 Å². The van der Waals surface area contributed by atoms with Crippen LogP contribution >= 0.6 is 12.0 Å². The number of hydrogen-bond acceptors (Lipinski definition) is 8. The molecular weight excluding hydrogens is 380 g/mol. The van der Waals surface area contributed by atoms with E-state index < -0.39 is 5.97 Å². The second kappa shape index (κ2) is 7.95. The fourth-order valence-electron chi connectivity index (χ4n) is 2.97. The highest BCUT2D eigenvalue weighted by Crippen LogP contribution is 2.29. The number of carbonyl (C=O) groups excluding carboxylic acids is 1. The normalized spacial score (nSPS) is 11.2. The fourth-order valence-corrected chi connectivity index (χ4v) is 3.34. The van der Waals surface area contributed by atoms with Crippen molar-refractivity contribution in [3.05, 3.63) is 60.4 Å². The molecule has 2 aromatic carbocycles. The summed E-state index contributed by atoms with van der Waals surface area (Å²) in [6.45, 7) is 2.03. The van der Waals surface area contributed by atoms with Crippen molar-refractivity contribution in [2.24, 2.45) is 5.90 Å². The van der Waals surface area contributed by atoms with Crippen LogP contribution in [0, 0.1) is 0 Å². The summed E-state index contributed by atoms with van der Waals surface area (Å²) in [4.78, 5) is 21.8. The van der Waals surface area contributed by atoms with Crippen LogP contribution in [0.25, 0.3) is 27.5 Å². The van der Waals surface area contributed by atoms with Crippen molar-refractivity contribution in [3.63, 3.8) is 0 Å². The van der Waals surface area contributed by atoms with Crippen molar-refractivity contribution in [2.45, 2.75) is 11.8 Å². The molecule has 142 valence electrons. The molecule has 9 heteroatoms. The minimum absolute atomic E-state index is 0.230. The van der Waals surface area contributed by atoms with E-state index in [4.69, 9.17) is 10.6 Å². The van der Waals surface area contributed by atoms with E-state index in [2.05, 4.69) is 19.4 Å². The lowest BCUT2D eigenvalue weighted by molar-refractivity contribution is -0.195. The quantitative estimate of drug-likeness (QED) is 0.228. The van der Waals surface area contributed by atoms with E-state index in [-0.39, 0.29) is 12.3 Å². The number of hydrogen-bond donors (Lipinski definition) is 1. The van der Waals surface area contributed by atoms with E-state index in [1.165, 1.54) is 0 Å². The van der Waals surface area contributed by atoms with Crippen LogP contribution in [0.15, 0.2) is 59.6 Å². The van der Waals surface area contributed by atoms with Gasteiger partial charge in [0.05, 0.1) is 40.8 Å². The summed E-state index contributed by atoms with van der Waals surface area (Å²) < 4.78 is 11.6. The van der Waals surface area contributed by atoms with Crippen molar-refractivity contribution < 1.29 is 18.9 Å². The molecule has 0 amide bonds. The molecule has 0 aliphatic heterocycles. The first-order chi connectivity index (χ1) is 13.7. The highest BCUT2D eigenvalue weighted by Gasteiger charge is 2.21. The molecule has 2 aromatic heterocycles. The van der Waals surface area contributed by atoms with E-state index in [1.807, 2.05) is 48.5 Å². The molecule has 0 saturated carbocycles. The van der Waals surface area contributed by atoms with Gasteiger partial charge in [0.1, 0.15) is 0 Å². The van der Waals surface area contributed by atoms with Crippen molar-refractivity contribution in [3.8, 4) is 5.69 Å². The Kier molecular flexibility index (Phi) is 5.22. The molecule has 0 atom stereocenters. The average molecular weight is 396 g/mol. The van der Waals surface area contributed by atoms with Gasteiger partial charge in [-0.05, 0) is 37.3 Å². The van der Waals surface area contributed by atoms with Gasteiger partial charge in [-0.1, -0.05) is 18.2 Å². The smallest absolute Gasteiger partial charge is 0.359 e. The number of para-hydroxylation sites is 1. The first-order valence-electron chi connectivity index (χ1n) is 8.47. The molecule has 0 radical (unpaired) electrons. The summed E-state index contributed by atoms with van der Waals surface area (Å²) in [6.07, 6.45) is 1.66. The molecule has 0 spiro atoms. The van der Waals surface area contributed by atoms with E-state index in [0.717, 1.165) is 39.0 Å². The zero-order valence-electron chi connectivity index (χ0n) is 14.9. The van der Waals surface area contributed by atoms with Gasteiger partial charge < -0.3 is 4.74 Å². The van der Waals surface area contributed by atoms with Crippen LogP contribution in [0.5, 0.6) is 0 Å². The molecule has 2 N–H and O–H groups in total. The zero-order valence-corrected chi connectivity index (χ0v) is 15.7. The van der Waals surface area contributed by atoms with Gasteiger partial charge >= 0.3 is 5.97 Å². The van der Waals surface area contributed by atoms with Crippen LogP contribution in [-0.4, -0.2) is 27.3 Å². The molecule has 4 aromatic rings. The number of fused-ring (bicyclic) bond motifs is 3. The van der Waals surface area contributed by atoms with Gasteiger partial charge in [0.2, 0.25) is 0 Å². The van der Waals surface area contributed by atoms with E-state index in [9.17, 15) is 4.79 Å². The maximum absolute atomic E-state index is 12.4. The second-order valence-electron chi connectivity index (χ2n) is 5.76. The second-order valence-corrected chi connectivity index (χ2v) is 6.53. The van der Waals surface area contributed by atoms with Gasteiger partial charge in [0.15, 0.2) is 5.69 Å². The highest BCUT2D eigenvalue weighted by atomic mass is 32.2. The van der Waals surface area contributed by atoms with Crippen LogP contribution in [0.1, 0.15) is 17.4 Å². The van der Waals surface area contributed by atoms with Crippen LogP contribution in [0.4, 0.5) is 0 Å². The number of aromatic nitrogens is 3. The number of nitrogens with two attached hydrogens (primary N) is 1. The summed E-state index contributed by atoms with van der Waals surface area (Å²) in [7, 11) is 0. The molecule has 2 heterocycles. The maximum Gasteiger partial charge on any atom is 0.359 e. The minimum Gasteiger partial charge on any atom is -0.461 e. The predicted octanol–water partition coefficient (Wildman–Crippen LogP) is 3.58. The van der Waals surface area contributed by atoms with Gasteiger partial charge in [0, 0.05) is 16.5 Å². The average Bonchev–Trinajstić information content (AvgIpc) is 3.13. The van der Waals surface area contributed by atoms with Crippen molar-refractivity contribution in [1.29, 1.82) is 0 Å². The summed E-state index contributed by atoms with van der Waals surface area (Å²) in [5.74, 6) is 4.38. The summed E-state index contributed by atoms with van der Waals surface area (Å²) in [5, 5.41) is 6.06. The van der Waals surface area contributed by atoms with Crippen molar-refractivity contribution >= 4 is 39.8 Å². The van der Waals surface area contributed by atoms with Crippen LogP contribution in [-0.2, 0) is 14.1 Å². The lowest BCUT2D eigenvalue weighted by Crippen LogP contribution is -2.07. The Morgan fingerprint density at radius 1 is 1.14 bits per heavy atom. The number of carbonyl (C=O) groups is 1. The largest absolute Gasteiger partial charge is 0.461 e. The number of pyridine rings is 1. The maximum atomic E-state index is 12.4. The lowest BCUT2D eigenvalue weighted by atomic mass is 10.1. The number of benzene rings is 2. The topological polar surface area (TPSA) is 101 Å². The summed E-state index contributed by atoms with van der Waals surface area (Å²) in [5.41, 5.74) is 2.60. The molecule has 4 rings (SSSR count). The Balaban J connectivity index is 1.91. The third kappa shape index (κ3) is 3.32. The number of rotatable bonds is 6. The monoisotopic (exact) mass is 396 g/mol. The van der Waals surface area contributed by atoms with Crippen LogP contribution in [0.3, 0.4) is 0 Å². The first kappa shape index (κ1) is 18.4. The molecule has 0 aliphatic carbocycles. The lowest BCUT2D eigenvalue weighted by Gasteiger charge is -2.06. The SMILES string of the molecule is CCOC(=O)c1nn(-c2ccc(SOON)cc2)c2c1cnc1ccccc12. The predicted molar refractivity (Wildman–Crippen MR) is 105 cm³/mol. The van der Waals surface area contributed by atoms with E-state index in [1.54, 1.807) is 17.8 Å². The van der Waals surface area contributed by atoms with E-state index in [0.29, 0.717) is 5.39 Å². The molecule has 0 bridgehead atoms. The minimum atomic E-state index is -0.482. The van der Waals surface area contributed by atoms with E-state index >= 15 is 0 Å². The van der Waals surface area contributed by atoms with Crippen LogP contribution < -0.4 is 5.90 Å². The molecule has 0 unspecified atom stereocenters. The Hall–Kier alpha value is -2.98. The zero-order chi connectivity index (χ0) is 19.5. The summed E-state index contributed by atoms with van der Waals surface area (Å²) in [6, 6.07) is 15.1. The number of ether oxygens (including phenoxy) is 1. The molecular formula is C19H16N4O4S. The van der Waals surface area contributed by atoms with Gasteiger partial charge in [-0.25, -0.2) is 9.48 Å². The van der Waals surface area contributed by atoms with Crippen molar-refractivity contribution in [2.75, 3.05) is 6.61 Å². The third-order valence-electron chi connectivity index (χ3n) is 4.13.